The second-order valence-electron chi connectivity index (χ2n) is 4.58. The molecule has 0 aromatic carbocycles. The van der Waals surface area contributed by atoms with E-state index in [4.69, 9.17) is 9.47 Å². The summed E-state index contributed by atoms with van der Waals surface area (Å²) in [7, 11) is 0. The highest BCUT2D eigenvalue weighted by atomic mass is 16.6. The number of hydrogen-bond acceptors (Lipinski definition) is 5. The van der Waals surface area contributed by atoms with Crippen LogP contribution in [0.4, 0.5) is 0 Å². The zero-order valence-corrected chi connectivity index (χ0v) is 10.6. The van der Waals surface area contributed by atoms with Crippen molar-refractivity contribution in [2.75, 3.05) is 13.2 Å². The minimum absolute atomic E-state index is 0.119. The third kappa shape index (κ3) is 3.38. The molecule has 0 unspecified atom stereocenters. The van der Waals surface area contributed by atoms with Crippen LogP contribution in [0.15, 0.2) is 6.20 Å². The van der Waals surface area contributed by atoms with E-state index in [0.717, 1.165) is 17.8 Å². The molecule has 94 valence electrons. The van der Waals surface area contributed by atoms with Crippen molar-refractivity contribution in [1.29, 1.82) is 0 Å². The van der Waals surface area contributed by atoms with Crippen LogP contribution in [0, 0.1) is 6.92 Å². The van der Waals surface area contributed by atoms with E-state index < -0.39 is 0 Å². The summed E-state index contributed by atoms with van der Waals surface area (Å²) in [6, 6.07) is 0.904. The van der Waals surface area contributed by atoms with Crippen LogP contribution in [-0.2, 0) is 11.3 Å². The molecule has 2 heterocycles. The second-order valence-corrected chi connectivity index (χ2v) is 4.58. The third-order valence-corrected chi connectivity index (χ3v) is 2.64. The summed E-state index contributed by atoms with van der Waals surface area (Å²) in [5.74, 6) is 0. The average molecular weight is 237 g/mol. The standard InChI is InChI=1S/C12H19N3O2/c1-8(2)13-4-10-5-14-12(15-9(10)3)17-11-6-16-7-11/h5,8,11,13H,4,6-7H2,1-3H3. The molecular weight excluding hydrogens is 218 g/mol. The molecule has 0 radical (unpaired) electrons. The van der Waals surface area contributed by atoms with Crippen LogP contribution >= 0.6 is 0 Å². The van der Waals surface area contributed by atoms with Gasteiger partial charge in [0.25, 0.3) is 0 Å². The normalized spacial score (nSPS) is 16.0. The van der Waals surface area contributed by atoms with Crippen molar-refractivity contribution in [2.45, 2.75) is 39.5 Å². The predicted octanol–water partition coefficient (Wildman–Crippen LogP) is 1.06. The molecule has 0 spiro atoms. The summed E-state index contributed by atoms with van der Waals surface area (Å²) in [6.45, 7) is 8.27. The SMILES string of the molecule is Cc1nc(OC2COC2)ncc1CNC(C)C. The van der Waals surface area contributed by atoms with E-state index in [1.165, 1.54) is 0 Å². The first-order valence-electron chi connectivity index (χ1n) is 5.95. The van der Waals surface area contributed by atoms with Gasteiger partial charge in [-0.15, -0.1) is 0 Å². The van der Waals surface area contributed by atoms with Gasteiger partial charge in [0.15, 0.2) is 0 Å². The van der Waals surface area contributed by atoms with Crippen LogP contribution in [-0.4, -0.2) is 35.3 Å². The van der Waals surface area contributed by atoms with Gasteiger partial charge < -0.3 is 14.8 Å². The lowest BCUT2D eigenvalue weighted by Crippen LogP contribution is -2.39. The highest BCUT2D eigenvalue weighted by Gasteiger charge is 2.21. The topological polar surface area (TPSA) is 56.3 Å². The zero-order chi connectivity index (χ0) is 12.3. The predicted molar refractivity (Wildman–Crippen MR) is 64.0 cm³/mol. The van der Waals surface area contributed by atoms with E-state index in [0.29, 0.717) is 25.3 Å². The van der Waals surface area contributed by atoms with Crippen LogP contribution in [0.1, 0.15) is 25.1 Å². The number of rotatable bonds is 5. The zero-order valence-electron chi connectivity index (χ0n) is 10.6. The lowest BCUT2D eigenvalue weighted by Gasteiger charge is -2.25. The molecule has 1 aliphatic rings. The molecule has 5 heteroatoms. The number of ether oxygens (including phenoxy) is 2. The van der Waals surface area contributed by atoms with E-state index in [9.17, 15) is 0 Å². The third-order valence-electron chi connectivity index (χ3n) is 2.64. The van der Waals surface area contributed by atoms with Gasteiger partial charge in [-0.25, -0.2) is 9.97 Å². The molecule has 1 aromatic rings. The number of aromatic nitrogens is 2. The molecule has 1 saturated heterocycles. The summed E-state index contributed by atoms with van der Waals surface area (Å²) in [4.78, 5) is 8.55. The van der Waals surface area contributed by atoms with Gasteiger partial charge in [-0.1, -0.05) is 13.8 Å². The monoisotopic (exact) mass is 237 g/mol. The van der Waals surface area contributed by atoms with Crippen LogP contribution in [0.2, 0.25) is 0 Å². The lowest BCUT2D eigenvalue weighted by molar-refractivity contribution is -0.0832. The minimum atomic E-state index is 0.119. The molecule has 0 saturated carbocycles. The fourth-order valence-electron chi connectivity index (χ4n) is 1.45. The van der Waals surface area contributed by atoms with Gasteiger partial charge in [-0.2, -0.15) is 0 Å². The molecule has 0 amide bonds. The fourth-order valence-corrected chi connectivity index (χ4v) is 1.45. The van der Waals surface area contributed by atoms with Crippen LogP contribution < -0.4 is 10.1 Å². The number of nitrogens with zero attached hydrogens (tertiary/aromatic N) is 2. The van der Waals surface area contributed by atoms with E-state index in [1.54, 1.807) is 0 Å². The first-order valence-corrected chi connectivity index (χ1v) is 5.95. The van der Waals surface area contributed by atoms with Crippen LogP contribution in [0.3, 0.4) is 0 Å². The van der Waals surface area contributed by atoms with E-state index in [2.05, 4.69) is 29.1 Å². The molecule has 1 aliphatic heterocycles. The summed E-state index contributed by atoms with van der Waals surface area (Å²) < 4.78 is 10.6. The summed E-state index contributed by atoms with van der Waals surface area (Å²) >= 11 is 0. The van der Waals surface area contributed by atoms with Gasteiger partial charge in [0.2, 0.25) is 0 Å². The summed E-state index contributed by atoms with van der Waals surface area (Å²) in [5, 5.41) is 3.34. The fraction of sp³-hybridized carbons (Fsp3) is 0.667. The summed E-state index contributed by atoms with van der Waals surface area (Å²) in [5.41, 5.74) is 2.07. The molecule has 1 aromatic heterocycles. The Bertz CT molecular complexity index is 378. The van der Waals surface area contributed by atoms with Crippen molar-refractivity contribution in [3.8, 4) is 6.01 Å². The minimum Gasteiger partial charge on any atom is -0.455 e. The molecule has 0 bridgehead atoms. The van der Waals surface area contributed by atoms with Gasteiger partial charge in [0.05, 0.1) is 13.2 Å². The maximum absolute atomic E-state index is 5.54. The highest BCUT2D eigenvalue weighted by Crippen LogP contribution is 2.13. The Morgan fingerprint density at radius 3 is 2.82 bits per heavy atom. The Hall–Kier alpha value is -1.20. The van der Waals surface area contributed by atoms with Gasteiger partial charge in [0, 0.05) is 30.0 Å². The number of aryl methyl sites for hydroxylation is 1. The number of nitrogens with one attached hydrogen (secondary N) is 1. The molecule has 17 heavy (non-hydrogen) atoms. The summed E-state index contributed by atoms with van der Waals surface area (Å²) in [6.07, 6.45) is 1.95. The van der Waals surface area contributed by atoms with Gasteiger partial charge in [-0.3, -0.25) is 0 Å². The largest absolute Gasteiger partial charge is 0.455 e. The Balaban J connectivity index is 1.95. The molecule has 2 rings (SSSR count). The van der Waals surface area contributed by atoms with E-state index in [-0.39, 0.29) is 6.10 Å². The first-order chi connectivity index (χ1) is 8.15. The Kier molecular flexibility index (Phi) is 3.91. The van der Waals surface area contributed by atoms with E-state index >= 15 is 0 Å². The van der Waals surface area contributed by atoms with Crippen molar-refractivity contribution in [1.82, 2.24) is 15.3 Å². The maximum Gasteiger partial charge on any atom is 0.317 e. The van der Waals surface area contributed by atoms with Crippen molar-refractivity contribution in [3.05, 3.63) is 17.5 Å². The van der Waals surface area contributed by atoms with Crippen molar-refractivity contribution < 1.29 is 9.47 Å². The molecule has 1 N–H and O–H groups in total. The maximum atomic E-state index is 5.54. The molecule has 5 nitrogen and oxygen atoms in total. The van der Waals surface area contributed by atoms with Crippen LogP contribution in [0.5, 0.6) is 6.01 Å². The lowest BCUT2D eigenvalue weighted by atomic mass is 10.2. The second kappa shape index (κ2) is 5.42. The molecular formula is C12H19N3O2. The van der Waals surface area contributed by atoms with Gasteiger partial charge in [-0.05, 0) is 6.92 Å². The van der Waals surface area contributed by atoms with Gasteiger partial charge in [0.1, 0.15) is 6.10 Å². The van der Waals surface area contributed by atoms with Crippen molar-refractivity contribution >= 4 is 0 Å². The average Bonchev–Trinajstić information content (AvgIpc) is 2.22. The van der Waals surface area contributed by atoms with Crippen molar-refractivity contribution in [3.63, 3.8) is 0 Å². The van der Waals surface area contributed by atoms with Gasteiger partial charge >= 0.3 is 6.01 Å². The first kappa shape index (κ1) is 12.3. The Morgan fingerprint density at radius 2 is 2.29 bits per heavy atom. The Labute approximate surface area is 102 Å². The molecule has 0 atom stereocenters. The highest BCUT2D eigenvalue weighted by molar-refractivity contribution is 5.17. The molecule has 1 fully saturated rings. The van der Waals surface area contributed by atoms with Crippen LogP contribution in [0.25, 0.3) is 0 Å². The smallest absolute Gasteiger partial charge is 0.317 e. The van der Waals surface area contributed by atoms with E-state index in [1.807, 2.05) is 13.1 Å². The Morgan fingerprint density at radius 1 is 1.53 bits per heavy atom. The van der Waals surface area contributed by atoms with Crippen molar-refractivity contribution in [2.24, 2.45) is 0 Å². The quantitative estimate of drug-likeness (QED) is 0.830. The number of hydrogen-bond donors (Lipinski definition) is 1. The molecule has 0 aliphatic carbocycles.